The van der Waals surface area contributed by atoms with Crippen molar-refractivity contribution in [3.63, 3.8) is 0 Å². The fourth-order valence-corrected chi connectivity index (χ4v) is 4.00. The van der Waals surface area contributed by atoms with Crippen LogP contribution in [0.2, 0.25) is 0 Å². The summed E-state index contributed by atoms with van der Waals surface area (Å²) in [4.78, 5) is 38.9. The van der Waals surface area contributed by atoms with Crippen LogP contribution in [0.1, 0.15) is 36.0 Å². The monoisotopic (exact) mass is 401 g/mol. The SMILES string of the molecule is O=C1C2CCCCC2C(=O)N1c1ccc(C(=O)n2cc(Br)cn2)cc1. The highest BCUT2D eigenvalue weighted by molar-refractivity contribution is 9.10. The third kappa shape index (κ3) is 2.72. The van der Waals surface area contributed by atoms with Gasteiger partial charge in [0.2, 0.25) is 11.8 Å². The summed E-state index contributed by atoms with van der Waals surface area (Å²) in [6.07, 6.45) is 6.69. The summed E-state index contributed by atoms with van der Waals surface area (Å²) < 4.78 is 1.95. The first-order chi connectivity index (χ1) is 12.1. The highest BCUT2D eigenvalue weighted by Crippen LogP contribution is 2.40. The number of aromatic nitrogens is 2. The number of rotatable bonds is 2. The molecule has 0 N–H and O–H groups in total. The molecule has 2 fully saturated rings. The molecule has 128 valence electrons. The van der Waals surface area contributed by atoms with Crippen molar-refractivity contribution in [2.24, 2.45) is 11.8 Å². The molecule has 25 heavy (non-hydrogen) atoms. The first-order valence-corrected chi connectivity index (χ1v) is 9.08. The van der Waals surface area contributed by atoms with E-state index in [1.807, 2.05) is 0 Å². The molecular weight excluding hydrogens is 386 g/mol. The Bertz CT molecular complexity index is 835. The maximum absolute atomic E-state index is 12.6. The Morgan fingerprint density at radius 1 is 1.04 bits per heavy atom. The van der Waals surface area contributed by atoms with Crippen molar-refractivity contribution in [3.8, 4) is 0 Å². The van der Waals surface area contributed by atoms with E-state index >= 15 is 0 Å². The number of nitrogens with zero attached hydrogens (tertiary/aromatic N) is 3. The minimum atomic E-state index is -0.273. The molecule has 7 heteroatoms. The highest BCUT2D eigenvalue weighted by Gasteiger charge is 2.48. The second-order valence-corrected chi connectivity index (χ2v) is 7.38. The van der Waals surface area contributed by atoms with Gasteiger partial charge in [-0.15, -0.1) is 0 Å². The van der Waals surface area contributed by atoms with Gasteiger partial charge in [0.25, 0.3) is 5.91 Å². The number of amides is 2. The van der Waals surface area contributed by atoms with E-state index in [0.29, 0.717) is 15.7 Å². The van der Waals surface area contributed by atoms with Crippen molar-refractivity contribution in [2.45, 2.75) is 25.7 Å². The molecule has 6 nitrogen and oxygen atoms in total. The molecule has 0 radical (unpaired) electrons. The lowest BCUT2D eigenvalue weighted by Gasteiger charge is -2.19. The van der Waals surface area contributed by atoms with Gasteiger partial charge in [-0.25, -0.2) is 4.68 Å². The summed E-state index contributed by atoms with van der Waals surface area (Å²) in [7, 11) is 0. The van der Waals surface area contributed by atoms with Crippen LogP contribution in [0.25, 0.3) is 0 Å². The second kappa shape index (κ2) is 6.22. The molecule has 1 aromatic carbocycles. The van der Waals surface area contributed by atoms with Gasteiger partial charge in [0.15, 0.2) is 0 Å². The van der Waals surface area contributed by atoms with Crippen LogP contribution >= 0.6 is 15.9 Å². The van der Waals surface area contributed by atoms with E-state index in [0.717, 1.165) is 25.7 Å². The average Bonchev–Trinajstić information content (AvgIpc) is 3.17. The van der Waals surface area contributed by atoms with Crippen LogP contribution in [-0.4, -0.2) is 27.5 Å². The summed E-state index contributed by atoms with van der Waals surface area (Å²) in [5.41, 5.74) is 0.971. The van der Waals surface area contributed by atoms with Gasteiger partial charge in [-0.05, 0) is 53.0 Å². The fraction of sp³-hybridized carbons (Fsp3) is 0.333. The summed E-state index contributed by atoms with van der Waals surface area (Å²) in [5, 5.41) is 3.97. The molecule has 0 spiro atoms. The zero-order chi connectivity index (χ0) is 17.6. The molecule has 1 aliphatic heterocycles. The Morgan fingerprint density at radius 2 is 1.64 bits per heavy atom. The summed E-state index contributed by atoms with van der Waals surface area (Å²) in [5.74, 6) is -0.840. The number of hydrogen-bond donors (Lipinski definition) is 0. The van der Waals surface area contributed by atoms with E-state index in [2.05, 4.69) is 21.0 Å². The Labute approximate surface area is 152 Å². The predicted molar refractivity (Wildman–Crippen MR) is 94.0 cm³/mol. The fourth-order valence-electron chi connectivity index (χ4n) is 3.71. The number of anilines is 1. The molecule has 2 aliphatic rings. The number of halogens is 1. The molecule has 2 unspecified atom stereocenters. The first-order valence-electron chi connectivity index (χ1n) is 8.29. The predicted octanol–water partition coefficient (Wildman–Crippen LogP) is 3.01. The topological polar surface area (TPSA) is 72.3 Å². The van der Waals surface area contributed by atoms with Crippen LogP contribution in [0.5, 0.6) is 0 Å². The Hall–Kier alpha value is -2.28. The largest absolute Gasteiger partial charge is 0.278 e. The van der Waals surface area contributed by atoms with Crippen molar-refractivity contribution in [3.05, 3.63) is 46.7 Å². The molecule has 2 amide bonds. The number of benzene rings is 1. The van der Waals surface area contributed by atoms with Gasteiger partial charge >= 0.3 is 0 Å². The van der Waals surface area contributed by atoms with Crippen LogP contribution in [0.15, 0.2) is 41.1 Å². The molecule has 1 saturated heterocycles. The molecule has 1 saturated carbocycles. The van der Waals surface area contributed by atoms with Crippen LogP contribution in [0.4, 0.5) is 5.69 Å². The zero-order valence-electron chi connectivity index (χ0n) is 13.4. The van der Waals surface area contributed by atoms with Gasteiger partial charge in [0.05, 0.1) is 28.2 Å². The normalized spacial score (nSPS) is 23.0. The summed E-state index contributed by atoms with van der Waals surface area (Å²) in [6.45, 7) is 0. The number of hydrogen-bond acceptors (Lipinski definition) is 4. The maximum atomic E-state index is 12.6. The Morgan fingerprint density at radius 3 is 2.16 bits per heavy atom. The van der Waals surface area contributed by atoms with E-state index < -0.39 is 0 Å². The van der Waals surface area contributed by atoms with Gasteiger partial charge in [-0.1, -0.05) is 12.8 Å². The van der Waals surface area contributed by atoms with E-state index in [1.165, 1.54) is 15.8 Å². The number of fused-ring (bicyclic) bond motifs is 1. The van der Waals surface area contributed by atoms with Gasteiger partial charge in [0, 0.05) is 11.8 Å². The number of imide groups is 1. The summed E-state index contributed by atoms with van der Waals surface area (Å²) in [6, 6.07) is 6.55. The number of carbonyl (C=O) groups excluding carboxylic acids is 3. The molecule has 2 atom stereocenters. The Kier molecular flexibility index (Phi) is 4.03. The van der Waals surface area contributed by atoms with Crippen molar-refractivity contribution in [1.82, 2.24) is 9.78 Å². The second-order valence-electron chi connectivity index (χ2n) is 6.46. The molecule has 2 heterocycles. The molecular formula is C18H16BrN3O3. The minimum Gasteiger partial charge on any atom is -0.274 e. The lowest BCUT2D eigenvalue weighted by molar-refractivity contribution is -0.122. The highest BCUT2D eigenvalue weighted by atomic mass is 79.9. The maximum Gasteiger partial charge on any atom is 0.278 e. The van der Waals surface area contributed by atoms with Crippen molar-refractivity contribution < 1.29 is 14.4 Å². The first kappa shape index (κ1) is 16.2. The Balaban J connectivity index is 1.59. The minimum absolute atomic E-state index is 0.107. The van der Waals surface area contributed by atoms with E-state index in [9.17, 15) is 14.4 Å². The quantitative estimate of drug-likeness (QED) is 0.724. The smallest absolute Gasteiger partial charge is 0.274 e. The third-order valence-electron chi connectivity index (χ3n) is 4.97. The van der Waals surface area contributed by atoms with E-state index in [-0.39, 0.29) is 29.6 Å². The third-order valence-corrected chi connectivity index (χ3v) is 5.38. The van der Waals surface area contributed by atoms with Crippen molar-refractivity contribution >= 4 is 39.3 Å². The van der Waals surface area contributed by atoms with Gasteiger partial charge in [-0.2, -0.15) is 5.10 Å². The van der Waals surface area contributed by atoms with E-state index in [4.69, 9.17) is 0 Å². The molecule has 0 bridgehead atoms. The van der Waals surface area contributed by atoms with Gasteiger partial charge < -0.3 is 0 Å². The summed E-state index contributed by atoms with van der Waals surface area (Å²) >= 11 is 3.26. The molecule has 2 aromatic rings. The van der Waals surface area contributed by atoms with E-state index in [1.54, 1.807) is 30.5 Å². The van der Waals surface area contributed by atoms with Crippen LogP contribution in [-0.2, 0) is 9.59 Å². The molecule has 1 aliphatic carbocycles. The van der Waals surface area contributed by atoms with Crippen molar-refractivity contribution in [1.29, 1.82) is 0 Å². The van der Waals surface area contributed by atoms with Crippen LogP contribution in [0.3, 0.4) is 0 Å². The lowest BCUT2D eigenvalue weighted by atomic mass is 9.81. The van der Waals surface area contributed by atoms with Crippen LogP contribution < -0.4 is 4.90 Å². The molecule has 1 aromatic heterocycles. The lowest BCUT2D eigenvalue weighted by Crippen LogP contribution is -2.30. The van der Waals surface area contributed by atoms with Gasteiger partial charge in [0.1, 0.15) is 0 Å². The van der Waals surface area contributed by atoms with Crippen molar-refractivity contribution in [2.75, 3.05) is 4.90 Å². The van der Waals surface area contributed by atoms with Crippen LogP contribution in [0, 0.1) is 11.8 Å². The standard InChI is InChI=1S/C18H16BrN3O3/c19-12-9-20-21(10-12)16(23)11-5-7-13(8-6-11)22-17(24)14-3-1-2-4-15(14)18(22)25/h5-10,14-15H,1-4H2. The van der Waals surface area contributed by atoms with Gasteiger partial charge in [-0.3, -0.25) is 19.3 Å². The molecule has 4 rings (SSSR count). The number of carbonyl (C=O) groups is 3. The average molecular weight is 402 g/mol. The zero-order valence-corrected chi connectivity index (χ0v) is 15.0.